The van der Waals surface area contributed by atoms with Crippen LogP contribution in [0.3, 0.4) is 0 Å². The van der Waals surface area contributed by atoms with E-state index in [0.29, 0.717) is 11.3 Å². The van der Waals surface area contributed by atoms with Crippen molar-refractivity contribution in [2.24, 2.45) is 0 Å². The van der Waals surface area contributed by atoms with E-state index in [1.807, 2.05) is 6.07 Å². The third-order valence-electron chi connectivity index (χ3n) is 4.15. The highest BCUT2D eigenvalue weighted by molar-refractivity contribution is 6.44. The first-order valence-corrected chi connectivity index (χ1v) is 8.52. The average molecular weight is 392 g/mol. The van der Waals surface area contributed by atoms with E-state index in [1.54, 1.807) is 49.4 Å². The van der Waals surface area contributed by atoms with Gasteiger partial charge in [0, 0.05) is 0 Å². The molecule has 1 heterocycles. The van der Waals surface area contributed by atoms with E-state index in [0.717, 1.165) is 4.90 Å². The second-order valence-corrected chi connectivity index (χ2v) is 6.75. The van der Waals surface area contributed by atoms with Gasteiger partial charge in [-0.2, -0.15) is 0 Å². The van der Waals surface area contributed by atoms with Gasteiger partial charge < -0.3 is 10.6 Å². The third-order valence-corrected chi connectivity index (χ3v) is 4.97. The van der Waals surface area contributed by atoms with E-state index in [4.69, 9.17) is 23.2 Å². The van der Waals surface area contributed by atoms with Crippen molar-refractivity contribution >= 4 is 46.7 Å². The van der Waals surface area contributed by atoms with E-state index in [9.17, 15) is 14.4 Å². The first kappa shape index (κ1) is 18.2. The van der Waals surface area contributed by atoms with Gasteiger partial charge in [-0.1, -0.05) is 59.6 Å². The van der Waals surface area contributed by atoms with Gasteiger partial charge in [0.2, 0.25) is 5.91 Å². The maximum Gasteiger partial charge on any atom is 0.325 e. The van der Waals surface area contributed by atoms with E-state index in [2.05, 4.69) is 10.6 Å². The molecule has 134 valence electrons. The Morgan fingerprint density at radius 1 is 1.12 bits per heavy atom. The summed E-state index contributed by atoms with van der Waals surface area (Å²) < 4.78 is 0. The molecule has 0 aliphatic carbocycles. The molecule has 2 aromatic rings. The predicted octanol–water partition coefficient (Wildman–Crippen LogP) is 3.40. The number of benzene rings is 2. The molecule has 0 unspecified atom stereocenters. The first-order chi connectivity index (χ1) is 12.3. The fourth-order valence-corrected chi connectivity index (χ4v) is 3.09. The molecule has 1 saturated heterocycles. The fraction of sp³-hybridized carbons (Fsp3) is 0.167. The summed E-state index contributed by atoms with van der Waals surface area (Å²) in [6.07, 6.45) is 0. The van der Waals surface area contributed by atoms with Crippen LogP contribution >= 0.6 is 23.2 Å². The van der Waals surface area contributed by atoms with Crippen LogP contribution in [0.1, 0.15) is 12.5 Å². The van der Waals surface area contributed by atoms with Crippen molar-refractivity contribution in [1.29, 1.82) is 0 Å². The van der Waals surface area contributed by atoms with Crippen LogP contribution in [-0.4, -0.2) is 29.3 Å². The topological polar surface area (TPSA) is 78.5 Å². The number of carbonyl (C=O) groups excluding carboxylic acids is 3. The number of halogens is 2. The Kier molecular flexibility index (Phi) is 4.89. The third kappa shape index (κ3) is 3.25. The predicted molar refractivity (Wildman–Crippen MR) is 99.1 cm³/mol. The standard InChI is InChI=1S/C18H15Cl2N3O3/c1-18(11-6-3-2-4-7-11)16(25)23(17(26)22-18)10-14(24)21-13-9-5-8-12(19)15(13)20/h2-9H,10H2,1H3,(H,21,24)(H,22,26)/t18-/m0/s1. The Bertz CT molecular complexity index is 889. The van der Waals surface area contributed by atoms with Crippen LogP contribution in [0.25, 0.3) is 0 Å². The number of anilines is 1. The maximum absolute atomic E-state index is 12.8. The number of amides is 4. The van der Waals surface area contributed by atoms with Gasteiger partial charge in [-0.15, -0.1) is 0 Å². The minimum absolute atomic E-state index is 0.189. The van der Waals surface area contributed by atoms with Crippen LogP contribution in [0.15, 0.2) is 48.5 Å². The number of hydrogen-bond acceptors (Lipinski definition) is 3. The molecule has 2 N–H and O–H groups in total. The molecule has 8 heteroatoms. The lowest BCUT2D eigenvalue weighted by atomic mass is 9.92. The molecule has 1 fully saturated rings. The summed E-state index contributed by atoms with van der Waals surface area (Å²) in [6, 6.07) is 13.0. The summed E-state index contributed by atoms with van der Waals surface area (Å²) in [4.78, 5) is 38.2. The summed E-state index contributed by atoms with van der Waals surface area (Å²) >= 11 is 11.9. The number of nitrogens with zero attached hydrogens (tertiary/aromatic N) is 1. The summed E-state index contributed by atoms with van der Waals surface area (Å²) in [6.45, 7) is 1.17. The van der Waals surface area contributed by atoms with Gasteiger partial charge in [-0.25, -0.2) is 4.79 Å². The van der Waals surface area contributed by atoms with Crippen molar-refractivity contribution in [3.05, 3.63) is 64.1 Å². The van der Waals surface area contributed by atoms with Crippen molar-refractivity contribution in [2.45, 2.75) is 12.5 Å². The summed E-state index contributed by atoms with van der Waals surface area (Å²) in [5, 5.41) is 5.68. The molecule has 6 nitrogen and oxygen atoms in total. The zero-order valence-corrected chi connectivity index (χ0v) is 15.3. The van der Waals surface area contributed by atoms with Crippen LogP contribution in [-0.2, 0) is 15.1 Å². The Morgan fingerprint density at radius 3 is 2.50 bits per heavy atom. The minimum atomic E-state index is -1.22. The van der Waals surface area contributed by atoms with E-state index < -0.39 is 29.9 Å². The fourth-order valence-electron chi connectivity index (χ4n) is 2.74. The monoisotopic (exact) mass is 391 g/mol. The smallest absolute Gasteiger partial charge is 0.323 e. The molecule has 0 bridgehead atoms. The van der Waals surface area contributed by atoms with Crippen molar-refractivity contribution in [2.75, 3.05) is 11.9 Å². The van der Waals surface area contributed by atoms with Gasteiger partial charge in [0.15, 0.2) is 0 Å². The normalized spacial score (nSPS) is 19.4. The molecule has 1 aliphatic heterocycles. The number of urea groups is 1. The van der Waals surface area contributed by atoms with Gasteiger partial charge in [0.1, 0.15) is 12.1 Å². The van der Waals surface area contributed by atoms with Gasteiger partial charge in [0.05, 0.1) is 15.7 Å². The molecule has 1 atom stereocenters. The number of nitrogens with one attached hydrogen (secondary N) is 2. The second kappa shape index (κ2) is 6.97. The Morgan fingerprint density at radius 2 is 1.81 bits per heavy atom. The molecule has 0 saturated carbocycles. The lowest BCUT2D eigenvalue weighted by Crippen LogP contribution is -2.42. The second-order valence-electron chi connectivity index (χ2n) is 5.96. The van der Waals surface area contributed by atoms with Crippen molar-refractivity contribution < 1.29 is 14.4 Å². The van der Waals surface area contributed by atoms with Gasteiger partial charge >= 0.3 is 6.03 Å². The maximum atomic E-state index is 12.8. The lowest BCUT2D eigenvalue weighted by Gasteiger charge is -2.22. The van der Waals surface area contributed by atoms with Crippen LogP contribution in [0.2, 0.25) is 10.0 Å². The van der Waals surface area contributed by atoms with E-state index in [1.165, 1.54) is 0 Å². The lowest BCUT2D eigenvalue weighted by molar-refractivity contribution is -0.133. The molecule has 0 spiro atoms. The highest BCUT2D eigenvalue weighted by Gasteiger charge is 2.49. The van der Waals surface area contributed by atoms with Crippen LogP contribution < -0.4 is 10.6 Å². The van der Waals surface area contributed by atoms with Crippen LogP contribution in [0.4, 0.5) is 10.5 Å². The number of imide groups is 1. The van der Waals surface area contributed by atoms with Crippen LogP contribution in [0, 0.1) is 0 Å². The van der Waals surface area contributed by atoms with Gasteiger partial charge in [0.25, 0.3) is 5.91 Å². The van der Waals surface area contributed by atoms with E-state index in [-0.39, 0.29) is 10.0 Å². The average Bonchev–Trinajstić information content (AvgIpc) is 2.84. The quantitative estimate of drug-likeness (QED) is 0.783. The largest absolute Gasteiger partial charge is 0.325 e. The van der Waals surface area contributed by atoms with Gasteiger partial charge in [-0.3, -0.25) is 14.5 Å². The molecule has 4 amide bonds. The number of rotatable bonds is 4. The SMILES string of the molecule is C[C@@]1(c2ccccc2)NC(=O)N(CC(=O)Nc2cccc(Cl)c2Cl)C1=O. The molecular formula is C18H15Cl2N3O3. The first-order valence-electron chi connectivity index (χ1n) is 7.76. The molecule has 2 aromatic carbocycles. The van der Waals surface area contributed by atoms with Gasteiger partial charge in [-0.05, 0) is 24.6 Å². The van der Waals surface area contributed by atoms with Crippen LogP contribution in [0.5, 0.6) is 0 Å². The Balaban J connectivity index is 1.76. The summed E-state index contributed by atoms with van der Waals surface area (Å²) in [7, 11) is 0. The van der Waals surface area contributed by atoms with E-state index >= 15 is 0 Å². The Labute approximate surface area is 160 Å². The zero-order valence-electron chi connectivity index (χ0n) is 13.8. The zero-order chi connectivity index (χ0) is 18.9. The summed E-state index contributed by atoms with van der Waals surface area (Å²) in [5.74, 6) is -1.06. The molecule has 26 heavy (non-hydrogen) atoms. The minimum Gasteiger partial charge on any atom is -0.323 e. The summed E-state index contributed by atoms with van der Waals surface area (Å²) in [5.41, 5.74) is -0.270. The molecule has 0 radical (unpaired) electrons. The highest BCUT2D eigenvalue weighted by Crippen LogP contribution is 2.30. The molecule has 3 rings (SSSR count). The number of carbonyl (C=O) groups is 3. The highest BCUT2D eigenvalue weighted by atomic mass is 35.5. The number of hydrogen-bond donors (Lipinski definition) is 2. The van der Waals surface area contributed by atoms with Crippen molar-refractivity contribution in [3.63, 3.8) is 0 Å². The van der Waals surface area contributed by atoms with Crippen molar-refractivity contribution in [3.8, 4) is 0 Å². The molecular weight excluding hydrogens is 377 g/mol. The molecule has 1 aliphatic rings. The molecule has 0 aromatic heterocycles. The van der Waals surface area contributed by atoms with Crippen molar-refractivity contribution in [1.82, 2.24) is 10.2 Å². The Hall–Kier alpha value is -2.57.